The Hall–Kier alpha value is -2.35. The minimum atomic E-state index is -1.97. The molecule has 666 valence electrons. The Morgan fingerprint density at radius 3 is 0.560 bits per heavy atom. The highest BCUT2D eigenvalue weighted by molar-refractivity contribution is 7.99. The minimum Gasteiger partial charge on any atom is -0.388 e. The van der Waals surface area contributed by atoms with Crippen molar-refractivity contribution < 1.29 is 237 Å². The number of hydrogen-bond acceptors (Lipinski definition) is 49. The van der Waals surface area contributed by atoms with Gasteiger partial charge in [-0.1, -0.05) is 30.3 Å². The summed E-state index contributed by atoms with van der Waals surface area (Å²) in [4.78, 5) is 0. The molecule has 116 heavy (non-hydrogen) atoms. The van der Waals surface area contributed by atoms with Crippen LogP contribution < -0.4 is 0 Å². The van der Waals surface area contributed by atoms with Gasteiger partial charge >= 0.3 is 0 Å². The van der Waals surface area contributed by atoms with Gasteiger partial charge in [0.25, 0.3) is 0 Å². The van der Waals surface area contributed by atoms with E-state index in [0.29, 0.717) is 5.75 Å². The van der Waals surface area contributed by atoms with Crippen molar-refractivity contribution in [3.05, 3.63) is 35.9 Å². The molecule has 0 aromatic heterocycles. The van der Waals surface area contributed by atoms with Crippen molar-refractivity contribution in [2.45, 2.75) is 300 Å². The van der Waals surface area contributed by atoms with E-state index < -0.39 is 367 Å². The Labute approximate surface area is 661 Å². The lowest BCUT2D eigenvalue weighted by molar-refractivity contribution is -0.370. The van der Waals surface area contributed by atoms with Gasteiger partial charge < -0.3 is 237 Å². The quantitative estimate of drug-likeness (QED) is 0.0432. The molecule has 12 fully saturated rings. The Balaban J connectivity index is 0.485. The molecule has 0 radical (unpaired) electrons. The number of aliphatic hydroxyl groups is 25. The summed E-state index contributed by atoms with van der Waals surface area (Å²) in [5.41, 5.74) is 0.176. The maximum atomic E-state index is 11.1. The van der Waals surface area contributed by atoms with Gasteiger partial charge in [0, 0.05) is 5.75 Å². The lowest BCUT2D eigenvalue weighted by Gasteiger charge is -2.46. The Bertz CT molecular complexity index is 3110. The van der Waals surface area contributed by atoms with Crippen LogP contribution in [0.1, 0.15) is 5.56 Å². The summed E-state index contributed by atoms with van der Waals surface area (Å²) in [6, 6.07) is 9.39. The normalized spacial score (nSPS) is 52.1. The van der Waals surface area contributed by atoms with Crippen molar-refractivity contribution >= 4 is 11.8 Å². The van der Waals surface area contributed by atoms with Crippen LogP contribution in [-0.2, 0) is 115 Å². The second-order valence-corrected chi connectivity index (χ2v) is 31.1. The average Bonchev–Trinajstić information content (AvgIpc) is 0.796. The molecule has 12 aliphatic heterocycles. The second kappa shape index (κ2) is 40.3. The molecule has 25 N–H and O–H groups in total. The third kappa shape index (κ3) is 20.4. The van der Waals surface area contributed by atoms with Gasteiger partial charge in [0.2, 0.25) is 0 Å². The fraction of sp³-hybridized carbons (Fsp3) is 0.910. The molecule has 12 heterocycles. The largest absolute Gasteiger partial charge is 0.388 e. The Kier molecular flexibility index (Phi) is 31.7. The van der Waals surface area contributed by atoms with Gasteiger partial charge in [-0.2, -0.15) is 0 Å². The summed E-state index contributed by atoms with van der Waals surface area (Å²) >= 11 is 1.27. The highest BCUT2D eigenvalue weighted by Gasteiger charge is 2.57. The van der Waals surface area contributed by atoms with Crippen LogP contribution in [0.4, 0.5) is 0 Å². The smallest absolute Gasteiger partial charge is 0.186 e. The van der Waals surface area contributed by atoms with Gasteiger partial charge in [-0.05, 0) is 5.56 Å². The van der Waals surface area contributed by atoms with Crippen LogP contribution in [0, 0.1) is 0 Å². The molecule has 48 atom stereocenters. The standard InChI is InChI=1S/C67H104O48S/c68-20-6-93-56(44(81)32(20)69)105-21-7-94-57(45(82)33(21)70)106-22-8-95-58(46(83)34(22)71)107-23-9-96-59(47(84)35(23)72)108-24-10-97-60(48(85)36(24)73)109-25-11-98-61(49(86)37(25)74)110-26-12-99-62(50(87)38(26)75)111-27-13-100-63(51(88)39(27)76)112-28-14-101-64(52(89)40(28)77)113-29-15-102-65(53(90)41(29)78)114-30-16-103-66(54(91)42(30)79)115-31-17-104-67(55(92)43(31)80)116-18-19-4-2-1-3-5-19/h1-5,20-92H,6-18H2/t20-,21-,22-,23-,24-,25-,26-,27-,28-,29-,30-,31-,32+,33+,34+,35+,36+,37+,38+,39+,40+,41+,42+,43+,44-,45-,46-,47-,48-,49-,50-,51-,52-,53-,54-,55-,56+,57+,58+,59+,60+,61+,62+,63+,64+,65+,66+,67+/m1/s1. The van der Waals surface area contributed by atoms with Crippen molar-refractivity contribution in [1.82, 2.24) is 0 Å². The van der Waals surface area contributed by atoms with Gasteiger partial charge in [0.1, 0.15) is 225 Å². The van der Waals surface area contributed by atoms with E-state index in [2.05, 4.69) is 0 Å². The van der Waals surface area contributed by atoms with Crippen LogP contribution in [0.2, 0.25) is 0 Å². The SMILES string of the molecule is O[C@@H]1[C@@H](O)[C@H](O[C@@H]2CO[C@@H](O[C@@H]3CO[C@@H](O[C@@H]4CO[C@@H](O[C@@H]5CO[C@@H](O[C@@H]6CO[C@@H](O[C@@H]7CO[C@@H](O[C@@H]8CO[C@@H](O[C@@H]9CO[C@@H](O[C@@H]%10CO[C@@H](O[C@@H]%11CO[C@@H](O[C@@H]%12CO[C@@H](SCc%13ccccc%13)[C@H](O)[C@H]%12O)[C@H](O)[C@H]%11O)[C@H](O)[C@H]%10O)[C@H](O)[C@H]9O)[C@H](O)[C@H]8O)[C@H](O)[C@H]7O)[C@H](O)[C@H]6O)[C@H](O)[C@H]5O)[C@H](O)[C@H]4O)[C@H](O)[C@H]3O)[C@H](O)[C@H]2O)OC[C@H]1O. The topological polar surface area (TPSA) is 718 Å². The maximum absolute atomic E-state index is 11.1. The average molecular weight is 1710 g/mol. The van der Waals surface area contributed by atoms with Gasteiger partial charge in [0.15, 0.2) is 69.2 Å². The van der Waals surface area contributed by atoms with Crippen LogP contribution in [-0.4, -0.2) is 501 Å². The zero-order valence-corrected chi connectivity index (χ0v) is 62.1. The molecule has 13 rings (SSSR count). The zero-order valence-electron chi connectivity index (χ0n) is 61.3. The lowest BCUT2D eigenvalue weighted by Crippen LogP contribution is -2.64. The van der Waals surface area contributed by atoms with Crippen LogP contribution in [0.5, 0.6) is 0 Å². The van der Waals surface area contributed by atoms with E-state index in [1.54, 1.807) is 0 Å². The number of hydrogen-bond donors (Lipinski definition) is 25. The molecule has 12 aliphatic rings. The third-order valence-corrected chi connectivity index (χ3v) is 23.1. The first-order chi connectivity index (χ1) is 55.3. The van der Waals surface area contributed by atoms with Crippen molar-refractivity contribution in [3.63, 3.8) is 0 Å². The summed E-state index contributed by atoms with van der Waals surface area (Å²) in [5, 5.41) is 272. The van der Waals surface area contributed by atoms with E-state index in [1.807, 2.05) is 30.3 Å². The summed E-state index contributed by atoms with van der Waals surface area (Å²) in [5.74, 6) is 0.489. The van der Waals surface area contributed by atoms with Crippen molar-refractivity contribution in [2.24, 2.45) is 0 Å². The molecule has 0 spiro atoms. The lowest BCUT2D eigenvalue weighted by atomic mass is 10.0. The Morgan fingerprint density at radius 2 is 0.362 bits per heavy atom. The molecule has 0 amide bonds. The van der Waals surface area contributed by atoms with Gasteiger partial charge in [0.05, 0.1) is 79.3 Å². The van der Waals surface area contributed by atoms with E-state index in [9.17, 15) is 128 Å². The number of thioether (sulfide) groups is 1. The van der Waals surface area contributed by atoms with E-state index in [1.165, 1.54) is 11.8 Å². The van der Waals surface area contributed by atoms with E-state index in [-0.39, 0.29) is 6.61 Å². The molecule has 1 aromatic carbocycles. The zero-order chi connectivity index (χ0) is 83.0. The minimum absolute atomic E-state index is 0.192. The first-order valence-corrected chi connectivity index (χ1v) is 38.7. The molecule has 1 aromatic rings. The summed E-state index contributed by atoms with van der Waals surface area (Å²) in [6.45, 7) is -6.04. The molecular formula is C67H104O48S. The highest BCUT2D eigenvalue weighted by Crippen LogP contribution is 2.38. The monoisotopic (exact) mass is 1710 g/mol. The molecule has 0 unspecified atom stereocenters. The summed E-state index contributed by atoms with van der Waals surface area (Å²) in [7, 11) is 0. The molecular weight excluding hydrogens is 1600 g/mol. The van der Waals surface area contributed by atoms with Crippen molar-refractivity contribution in [2.75, 3.05) is 79.3 Å². The summed E-state index contributed by atoms with van der Waals surface area (Å²) in [6.07, 6.45) is -79.0. The van der Waals surface area contributed by atoms with Crippen LogP contribution in [0.3, 0.4) is 0 Å². The second-order valence-electron chi connectivity index (χ2n) is 30.0. The fourth-order valence-electron chi connectivity index (χ4n) is 14.7. The molecule has 48 nitrogen and oxygen atoms in total. The third-order valence-electron chi connectivity index (χ3n) is 21.9. The van der Waals surface area contributed by atoms with Crippen molar-refractivity contribution in [3.8, 4) is 0 Å². The molecule has 0 bridgehead atoms. The number of aliphatic hydroxyl groups excluding tert-OH is 25. The number of rotatable bonds is 25. The van der Waals surface area contributed by atoms with Crippen molar-refractivity contribution in [1.29, 1.82) is 0 Å². The predicted molar refractivity (Wildman–Crippen MR) is 358 cm³/mol. The van der Waals surface area contributed by atoms with Gasteiger partial charge in [-0.25, -0.2) is 0 Å². The number of benzene rings is 1. The van der Waals surface area contributed by atoms with Crippen LogP contribution >= 0.6 is 11.8 Å². The van der Waals surface area contributed by atoms with Gasteiger partial charge in [-0.15, -0.1) is 11.8 Å². The molecule has 12 saturated heterocycles. The molecule has 0 aliphatic carbocycles. The first-order valence-electron chi connectivity index (χ1n) is 37.6. The van der Waals surface area contributed by atoms with Crippen LogP contribution in [0.25, 0.3) is 0 Å². The molecule has 0 saturated carbocycles. The molecule has 49 heteroatoms. The summed E-state index contributed by atoms with van der Waals surface area (Å²) < 4.78 is 129. The Morgan fingerprint density at radius 1 is 0.198 bits per heavy atom. The van der Waals surface area contributed by atoms with E-state index in [4.69, 9.17) is 109 Å². The fourth-order valence-corrected chi connectivity index (χ4v) is 15.7. The number of ether oxygens (including phenoxy) is 23. The van der Waals surface area contributed by atoms with E-state index in [0.717, 1.165) is 5.56 Å². The highest BCUT2D eigenvalue weighted by atomic mass is 32.2. The van der Waals surface area contributed by atoms with Gasteiger partial charge in [-0.3, -0.25) is 0 Å². The first kappa shape index (κ1) is 91.3. The predicted octanol–water partition coefficient (Wildman–Crippen LogP) is -16.5. The maximum Gasteiger partial charge on any atom is 0.186 e. The van der Waals surface area contributed by atoms with Crippen LogP contribution in [0.15, 0.2) is 30.3 Å². The van der Waals surface area contributed by atoms with E-state index >= 15 is 0 Å².